The third kappa shape index (κ3) is 5.37. The molecule has 3 aromatic rings. The summed E-state index contributed by atoms with van der Waals surface area (Å²) in [4.78, 5) is 16.6. The number of rotatable bonds is 7. The van der Waals surface area contributed by atoms with Gasteiger partial charge in [0, 0.05) is 11.8 Å². The lowest BCUT2D eigenvalue weighted by atomic mass is 10.2. The maximum absolute atomic E-state index is 12.8. The molecule has 2 aromatic carbocycles. The van der Waals surface area contributed by atoms with Crippen molar-refractivity contribution in [2.75, 3.05) is 16.6 Å². The monoisotopic (exact) mass is 489 g/mol. The van der Waals surface area contributed by atoms with Crippen LogP contribution in [0.2, 0.25) is 0 Å². The Labute approximate surface area is 183 Å². The van der Waals surface area contributed by atoms with Crippen LogP contribution in [-0.4, -0.2) is 25.9 Å². The van der Waals surface area contributed by atoms with Crippen molar-refractivity contribution in [1.29, 1.82) is 0 Å². The molecule has 3 rings (SSSR count). The average molecular weight is 490 g/mol. The second-order valence-electron chi connectivity index (χ2n) is 6.38. The molecule has 0 spiro atoms. The predicted molar refractivity (Wildman–Crippen MR) is 119 cm³/mol. The minimum Gasteiger partial charge on any atom is -0.493 e. The Balaban J connectivity index is 1.80. The molecule has 9 heteroatoms. The van der Waals surface area contributed by atoms with Gasteiger partial charge in [0.05, 0.1) is 21.7 Å². The van der Waals surface area contributed by atoms with Gasteiger partial charge in [-0.3, -0.25) is 9.52 Å². The third-order valence-corrected chi connectivity index (χ3v) is 6.05. The van der Waals surface area contributed by atoms with Gasteiger partial charge in [-0.15, -0.1) is 0 Å². The van der Waals surface area contributed by atoms with Gasteiger partial charge < -0.3 is 10.1 Å². The van der Waals surface area contributed by atoms with Gasteiger partial charge in [-0.25, -0.2) is 13.4 Å². The van der Waals surface area contributed by atoms with E-state index in [1.165, 1.54) is 24.3 Å². The number of anilines is 2. The number of pyridine rings is 1. The number of benzene rings is 2. The molecule has 0 saturated carbocycles. The molecule has 0 aliphatic rings. The third-order valence-electron chi connectivity index (χ3n) is 4.05. The molecule has 1 aromatic heterocycles. The summed E-state index contributed by atoms with van der Waals surface area (Å²) in [5.41, 5.74) is 1.51. The molecule has 1 amide bonds. The van der Waals surface area contributed by atoms with E-state index in [-0.39, 0.29) is 10.5 Å². The van der Waals surface area contributed by atoms with E-state index < -0.39 is 15.9 Å². The summed E-state index contributed by atoms with van der Waals surface area (Å²) in [5, 5.41) is 2.67. The summed E-state index contributed by atoms with van der Waals surface area (Å²) >= 11 is 3.36. The Morgan fingerprint density at radius 1 is 1.13 bits per heavy atom. The van der Waals surface area contributed by atoms with E-state index in [9.17, 15) is 13.2 Å². The van der Waals surface area contributed by atoms with E-state index in [2.05, 4.69) is 31.0 Å². The number of nitrogens with one attached hydrogen (secondary N) is 2. The van der Waals surface area contributed by atoms with Crippen LogP contribution in [0.3, 0.4) is 0 Å². The van der Waals surface area contributed by atoms with Crippen LogP contribution in [0.1, 0.15) is 22.8 Å². The van der Waals surface area contributed by atoms with Crippen molar-refractivity contribution in [3.63, 3.8) is 0 Å². The van der Waals surface area contributed by atoms with E-state index in [1.54, 1.807) is 30.5 Å². The Bertz CT molecular complexity index is 1180. The van der Waals surface area contributed by atoms with Gasteiger partial charge in [0.1, 0.15) is 11.6 Å². The smallest absolute Gasteiger partial charge is 0.261 e. The average Bonchev–Trinajstić information content (AvgIpc) is 2.70. The first kappa shape index (κ1) is 21.8. The zero-order valence-electron chi connectivity index (χ0n) is 16.3. The van der Waals surface area contributed by atoms with Crippen molar-refractivity contribution in [3.8, 4) is 5.75 Å². The number of aromatic nitrogens is 1. The highest BCUT2D eigenvalue weighted by Gasteiger charge is 2.17. The van der Waals surface area contributed by atoms with Gasteiger partial charge in [-0.1, -0.05) is 6.07 Å². The fraction of sp³-hybridized carbons (Fsp3) is 0.143. The molecular weight excluding hydrogens is 470 g/mol. The first-order chi connectivity index (χ1) is 14.3. The second kappa shape index (κ2) is 9.27. The maximum Gasteiger partial charge on any atom is 0.261 e. The molecular formula is C21H20BrN3O4S. The fourth-order valence-electron chi connectivity index (χ4n) is 2.65. The van der Waals surface area contributed by atoms with Crippen LogP contribution in [0.15, 0.2) is 70.2 Å². The quantitative estimate of drug-likeness (QED) is 0.505. The number of ether oxygens (including phenoxy) is 1. The van der Waals surface area contributed by atoms with Crippen LogP contribution in [0, 0.1) is 6.92 Å². The highest BCUT2D eigenvalue weighted by Crippen LogP contribution is 2.29. The normalized spacial score (nSPS) is 11.0. The SMILES string of the molecule is CCOc1ccc(NS(=O)(=O)c2cccc(C(=O)Nc3cc(C)ccn3)c2)cc1Br. The molecule has 0 radical (unpaired) electrons. The van der Waals surface area contributed by atoms with E-state index in [0.717, 1.165) is 5.56 Å². The number of amides is 1. The number of hydrogen-bond acceptors (Lipinski definition) is 5. The van der Waals surface area contributed by atoms with Crippen LogP contribution >= 0.6 is 15.9 Å². The number of hydrogen-bond donors (Lipinski definition) is 2. The first-order valence-corrected chi connectivity index (χ1v) is 11.4. The van der Waals surface area contributed by atoms with Crippen LogP contribution in [0.4, 0.5) is 11.5 Å². The number of nitrogens with zero attached hydrogens (tertiary/aromatic N) is 1. The van der Waals surface area contributed by atoms with E-state index in [4.69, 9.17) is 4.74 Å². The first-order valence-electron chi connectivity index (χ1n) is 9.08. The Morgan fingerprint density at radius 3 is 2.63 bits per heavy atom. The maximum atomic E-state index is 12.8. The standard InChI is InChI=1S/C21H20BrN3O4S/c1-3-29-19-8-7-16(13-18(19)22)25-30(27,28)17-6-4-5-15(12-17)21(26)24-20-11-14(2)9-10-23-20/h4-13,25H,3H2,1-2H3,(H,23,24,26). The van der Waals surface area contributed by atoms with Gasteiger partial charge in [-0.05, 0) is 83.9 Å². The summed E-state index contributed by atoms with van der Waals surface area (Å²) in [6.07, 6.45) is 1.59. The number of carbonyl (C=O) groups is 1. The Hall–Kier alpha value is -2.91. The van der Waals surface area contributed by atoms with Crippen molar-refractivity contribution in [2.24, 2.45) is 0 Å². The van der Waals surface area contributed by atoms with E-state index in [0.29, 0.717) is 28.3 Å². The second-order valence-corrected chi connectivity index (χ2v) is 8.92. The van der Waals surface area contributed by atoms with Crippen LogP contribution in [0.25, 0.3) is 0 Å². The summed E-state index contributed by atoms with van der Waals surface area (Å²) in [5.74, 6) is 0.559. The summed E-state index contributed by atoms with van der Waals surface area (Å²) in [7, 11) is -3.90. The topological polar surface area (TPSA) is 97.4 Å². The summed E-state index contributed by atoms with van der Waals surface area (Å²) in [6.45, 7) is 4.24. The molecule has 0 fully saturated rings. The molecule has 7 nitrogen and oxygen atoms in total. The van der Waals surface area contributed by atoms with Gasteiger partial charge in [0.2, 0.25) is 0 Å². The highest BCUT2D eigenvalue weighted by atomic mass is 79.9. The number of aryl methyl sites for hydroxylation is 1. The molecule has 156 valence electrons. The molecule has 2 N–H and O–H groups in total. The lowest BCUT2D eigenvalue weighted by Crippen LogP contribution is -2.16. The van der Waals surface area contributed by atoms with Gasteiger partial charge in [0.15, 0.2) is 0 Å². The lowest BCUT2D eigenvalue weighted by molar-refractivity contribution is 0.102. The van der Waals surface area contributed by atoms with Crippen LogP contribution in [-0.2, 0) is 10.0 Å². The predicted octanol–water partition coefficient (Wildman–Crippen LogP) is 4.60. The molecule has 30 heavy (non-hydrogen) atoms. The number of sulfonamides is 1. The molecule has 0 aliphatic carbocycles. The van der Waals surface area contributed by atoms with Gasteiger partial charge in [0.25, 0.3) is 15.9 Å². The fourth-order valence-corrected chi connectivity index (χ4v) is 4.24. The number of carbonyl (C=O) groups excluding carboxylic acids is 1. The van der Waals surface area contributed by atoms with Gasteiger partial charge >= 0.3 is 0 Å². The minimum absolute atomic E-state index is 0.0302. The lowest BCUT2D eigenvalue weighted by Gasteiger charge is -2.12. The molecule has 0 saturated heterocycles. The van der Waals surface area contributed by atoms with Crippen molar-refractivity contribution < 1.29 is 17.9 Å². The minimum atomic E-state index is -3.90. The van der Waals surface area contributed by atoms with Gasteiger partial charge in [-0.2, -0.15) is 0 Å². The zero-order valence-corrected chi connectivity index (χ0v) is 18.7. The van der Waals surface area contributed by atoms with Crippen LogP contribution in [0.5, 0.6) is 5.75 Å². The largest absolute Gasteiger partial charge is 0.493 e. The molecule has 0 unspecified atom stereocenters. The molecule has 0 aliphatic heterocycles. The van der Waals surface area contributed by atoms with E-state index in [1.807, 2.05) is 19.9 Å². The molecule has 0 atom stereocenters. The van der Waals surface area contributed by atoms with Crippen molar-refractivity contribution in [3.05, 3.63) is 76.4 Å². The summed E-state index contributed by atoms with van der Waals surface area (Å²) in [6, 6.07) is 14.2. The van der Waals surface area contributed by atoms with E-state index >= 15 is 0 Å². The molecule has 1 heterocycles. The Kier molecular flexibility index (Phi) is 6.73. The van der Waals surface area contributed by atoms with Crippen LogP contribution < -0.4 is 14.8 Å². The Morgan fingerprint density at radius 2 is 1.93 bits per heavy atom. The van der Waals surface area contributed by atoms with Crippen molar-refractivity contribution in [2.45, 2.75) is 18.7 Å². The number of halogens is 1. The van der Waals surface area contributed by atoms with Crippen molar-refractivity contribution in [1.82, 2.24) is 4.98 Å². The highest BCUT2D eigenvalue weighted by molar-refractivity contribution is 9.10. The summed E-state index contributed by atoms with van der Waals surface area (Å²) < 4.78 is 34.2. The van der Waals surface area contributed by atoms with Crippen molar-refractivity contribution >= 4 is 43.4 Å². The molecule has 0 bridgehead atoms. The zero-order chi connectivity index (χ0) is 21.7.